The third-order valence-corrected chi connectivity index (χ3v) is 2.92. The maximum absolute atomic E-state index is 11.0. The van der Waals surface area contributed by atoms with E-state index in [1.54, 1.807) is 0 Å². The van der Waals surface area contributed by atoms with Crippen molar-refractivity contribution in [1.82, 2.24) is 9.55 Å². The van der Waals surface area contributed by atoms with Crippen molar-refractivity contribution in [3.63, 3.8) is 0 Å². The van der Waals surface area contributed by atoms with Crippen LogP contribution in [0.15, 0.2) is 12.5 Å². The molecule has 0 N–H and O–H groups in total. The smallest absolute Gasteiger partial charge is 0.132 e. The van der Waals surface area contributed by atoms with Crippen molar-refractivity contribution in [2.45, 2.75) is 32.1 Å². The van der Waals surface area contributed by atoms with Gasteiger partial charge in [-0.2, -0.15) is 0 Å². The topological polar surface area (TPSA) is 34.9 Å². The fourth-order valence-electron chi connectivity index (χ4n) is 2.07. The van der Waals surface area contributed by atoms with E-state index in [0.717, 1.165) is 37.8 Å². The van der Waals surface area contributed by atoms with Crippen molar-refractivity contribution >= 4 is 5.78 Å². The van der Waals surface area contributed by atoms with Gasteiger partial charge < -0.3 is 4.57 Å². The van der Waals surface area contributed by atoms with Gasteiger partial charge in [-0.1, -0.05) is 0 Å². The van der Waals surface area contributed by atoms with Gasteiger partial charge >= 0.3 is 0 Å². The molecule has 3 heteroatoms. The zero-order valence-corrected chi connectivity index (χ0v) is 8.57. The van der Waals surface area contributed by atoms with E-state index >= 15 is 0 Å². The van der Waals surface area contributed by atoms with Gasteiger partial charge in [0.2, 0.25) is 0 Å². The summed E-state index contributed by atoms with van der Waals surface area (Å²) < 4.78 is 1.98. The van der Waals surface area contributed by atoms with Crippen molar-refractivity contribution in [2.24, 2.45) is 13.0 Å². The van der Waals surface area contributed by atoms with Crippen molar-refractivity contribution in [2.75, 3.05) is 0 Å². The van der Waals surface area contributed by atoms with E-state index in [1.807, 2.05) is 17.9 Å². The van der Waals surface area contributed by atoms with E-state index in [0.29, 0.717) is 11.7 Å². The van der Waals surface area contributed by atoms with Crippen LogP contribution in [0.1, 0.15) is 31.4 Å². The second-order valence-electron chi connectivity index (χ2n) is 4.22. The molecule has 0 unspecified atom stereocenters. The normalized spacial score (nSPS) is 18.8. The number of Topliss-reactive ketones (excluding diaryl/α,β-unsaturated/α-hetero) is 1. The summed E-state index contributed by atoms with van der Waals surface area (Å²) in [5, 5.41) is 0. The number of imidazole rings is 1. The van der Waals surface area contributed by atoms with Crippen LogP contribution in [0.5, 0.6) is 0 Å². The van der Waals surface area contributed by atoms with Gasteiger partial charge in [0.15, 0.2) is 0 Å². The van der Waals surface area contributed by atoms with Gasteiger partial charge in [-0.3, -0.25) is 4.79 Å². The van der Waals surface area contributed by atoms with Crippen LogP contribution in [0.4, 0.5) is 0 Å². The number of hydrogen-bond donors (Lipinski definition) is 0. The maximum Gasteiger partial charge on any atom is 0.132 e. The summed E-state index contributed by atoms with van der Waals surface area (Å²) in [4.78, 5) is 15.4. The van der Waals surface area contributed by atoms with Gasteiger partial charge in [0.1, 0.15) is 5.78 Å². The minimum atomic E-state index is 0.433. The van der Waals surface area contributed by atoms with Gasteiger partial charge in [-0.25, -0.2) is 4.98 Å². The zero-order valence-electron chi connectivity index (χ0n) is 8.57. The summed E-state index contributed by atoms with van der Waals surface area (Å²) in [7, 11) is 1.99. The molecule has 1 fully saturated rings. The lowest BCUT2D eigenvalue weighted by Gasteiger charge is -2.19. The molecule has 3 nitrogen and oxygen atoms in total. The van der Waals surface area contributed by atoms with Gasteiger partial charge in [-0.15, -0.1) is 0 Å². The molecule has 2 rings (SSSR count). The van der Waals surface area contributed by atoms with Crippen LogP contribution >= 0.6 is 0 Å². The Labute approximate surface area is 84.1 Å². The number of carbonyl (C=O) groups is 1. The summed E-state index contributed by atoms with van der Waals surface area (Å²) in [5.74, 6) is 1.10. The molecular formula is C11H16N2O. The maximum atomic E-state index is 11.0. The molecule has 1 aliphatic rings. The first kappa shape index (κ1) is 9.44. The lowest BCUT2D eigenvalue weighted by molar-refractivity contribution is -0.121. The molecular weight excluding hydrogens is 176 g/mol. The first-order valence-corrected chi connectivity index (χ1v) is 5.22. The first-order valence-electron chi connectivity index (χ1n) is 5.22. The summed E-state index contributed by atoms with van der Waals surface area (Å²) in [6, 6.07) is 0. The van der Waals surface area contributed by atoms with Crippen molar-refractivity contribution in [1.29, 1.82) is 0 Å². The van der Waals surface area contributed by atoms with E-state index in [2.05, 4.69) is 11.2 Å². The monoisotopic (exact) mass is 192 g/mol. The lowest BCUT2D eigenvalue weighted by atomic mass is 9.85. The summed E-state index contributed by atoms with van der Waals surface area (Å²) >= 11 is 0. The Bertz CT molecular complexity index is 320. The summed E-state index contributed by atoms with van der Waals surface area (Å²) in [6.45, 7) is 0. The molecule has 1 aromatic rings. The summed E-state index contributed by atoms with van der Waals surface area (Å²) in [5.41, 5.74) is 1.16. The Balaban J connectivity index is 1.89. The Hall–Kier alpha value is -1.12. The van der Waals surface area contributed by atoms with Crippen LogP contribution in [-0.2, 0) is 18.3 Å². The highest BCUT2D eigenvalue weighted by Crippen LogP contribution is 2.24. The number of carbonyl (C=O) groups excluding carboxylic acids is 1. The number of ketones is 1. The molecule has 0 amide bonds. The molecule has 0 atom stereocenters. The molecule has 0 spiro atoms. The van der Waals surface area contributed by atoms with Crippen LogP contribution in [0, 0.1) is 5.92 Å². The standard InChI is InChI=1S/C11H16N2O/c1-13-7-10(12-8-13)6-9-2-4-11(14)5-3-9/h7-9H,2-6H2,1H3. The average molecular weight is 192 g/mol. The van der Waals surface area contributed by atoms with E-state index < -0.39 is 0 Å². The molecule has 1 saturated carbocycles. The second kappa shape index (κ2) is 3.95. The lowest BCUT2D eigenvalue weighted by Crippen LogP contribution is -2.15. The van der Waals surface area contributed by atoms with Crippen LogP contribution in [0.2, 0.25) is 0 Å². The molecule has 1 aromatic heterocycles. The molecule has 14 heavy (non-hydrogen) atoms. The average Bonchev–Trinajstić information content (AvgIpc) is 2.56. The van der Waals surface area contributed by atoms with Crippen LogP contribution in [-0.4, -0.2) is 15.3 Å². The highest BCUT2D eigenvalue weighted by molar-refractivity contribution is 5.79. The molecule has 0 saturated heterocycles. The molecule has 0 bridgehead atoms. The Morgan fingerprint density at radius 2 is 2.21 bits per heavy atom. The fourth-order valence-corrected chi connectivity index (χ4v) is 2.07. The number of hydrogen-bond acceptors (Lipinski definition) is 2. The second-order valence-corrected chi connectivity index (χ2v) is 4.22. The third-order valence-electron chi connectivity index (χ3n) is 2.92. The van der Waals surface area contributed by atoms with Crippen LogP contribution in [0.25, 0.3) is 0 Å². The quantitative estimate of drug-likeness (QED) is 0.715. The minimum absolute atomic E-state index is 0.433. The molecule has 76 valence electrons. The summed E-state index contributed by atoms with van der Waals surface area (Å²) in [6.07, 6.45) is 8.59. The molecule has 1 heterocycles. The van der Waals surface area contributed by atoms with Crippen molar-refractivity contribution < 1.29 is 4.79 Å². The Kier molecular flexibility index (Phi) is 2.66. The largest absolute Gasteiger partial charge is 0.340 e. The number of rotatable bonds is 2. The molecule has 0 aliphatic heterocycles. The van der Waals surface area contributed by atoms with Crippen LogP contribution in [0.3, 0.4) is 0 Å². The first-order chi connectivity index (χ1) is 6.74. The molecule has 1 aliphatic carbocycles. The highest BCUT2D eigenvalue weighted by atomic mass is 16.1. The van der Waals surface area contributed by atoms with Crippen LogP contribution < -0.4 is 0 Å². The molecule has 0 aromatic carbocycles. The predicted octanol–water partition coefficient (Wildman–Crippen LogP) is 1.72. The fraction of sp³-hybridized carbons (Fsp3) is 0.636. The number of nitrogens with zero attached hydrogens (tertiary/aromatic N) is 2. The number of aryl methyl sites for hydroxylation is 1. The van der Waals surface area contributed by atoms with E-state index in [4.69, 9.17) is 0 Å². The van der Waals surface area contributed by atoms with Gasteiger partial charge in [0, 0.05) is 26.1 Å². The van der Waals surface area contributed by atoms with E-state index in [-0.39, 0.29) is 0 Å². The van der Waals surface area contributed by atoms with E-state index in [1.165, 1.54) is 0 Å². The number of aromatic nitrogens is 2. The van der Waals surface area contributed by atoms with Crippen molar-refractivity contribution in [3.8, 4) is 0 Å². The third kappa shape index (κ3) is 2.22. The minimum Gasteiger partial charge on any atom is -0.340 e. The van der Waals surface area contributed by atoms with Gasteiger partial charge in [0.05, 0.1) is 12.0 Å². The van der Waals surface area contributed by atoms with Gasteiger partial charge in [-0.05, 0) is 25.2 Å². The van der Waals surface area contributed by atoms with E-state index in [9.17, 15) is 4.79 Å². The molecule has 0 radical (unpaired) electrons. The predicted molar refractivity (Wildman–Crippen MR) is 53.9 cm³/mol. The zero-order chi connectivity index (χ0) is 9.97. The van der Waals surface area contributed by atoms with Gasteiger partial charge in [0.25, 0.3) is 0 Å². The Morgan fingerprint density at radius 1 is 1.50 bits per heavy atom. The SMILES string of the molecule is Cn1cnc(CC2CCC(=O)CC2)c1. The van der Waals surface area contributed by atoms with Crippen molar-refractivity contribution in [3.05, 3.63) is 18.2 Å². The Morgan fingerprint density at radius 3 is 2.79 bits per heavy atom. The highest BCUT2D eigenvalue weighted by Gasteiger charge is 2.19.